The molecule has 0 aliphatic heterocycles. The predicted octanol–water partition coefficient (Wildman–Crippen LogP) is 3.09. The summed E-state index contributed by atoms with van der Waals surface area (Å²) in [5.74, 6) is 0.0580. The number of alkyl halides is 3. The fourth-order valence-electron chi connectivity index (χ4n) is 1.21. The molecule has 0 saturated carbocycles. The minimum Gasteiger partial charge on any atom is -0.343 e. The summed E-state index contributed by atoms with van der Waals surface area (Å²) in [6.07, 6.45) is -4.39. The van der Waals surface area contributed by atoms with Gasteiger partial charge < -0.3 is 5.32 Å². The first-order chi connectivity index (χ1) is 7.94. The molecule has 0 aliphatic carbocycles. The highest BCUT2D eigenvalue weighted by Crippen LogP contribution is 2.22. The summed E-state index contributed by atoms with van der Waals surface area (Å²) in [6, 6.07) is 6.61. The molecule has 0 heterocycles. The molecule has 1 aromatic rings. The Hall–Kier alpha value is -1.17. The molecule has 0 bridgehead atoms. The SMILES string of the molecule is CCSc1ccccc1C(=O)NCC(F)(F)F. The summed E-state index contributed by atoms with van der Waals surface area (Å²) < 4.78 is 35.9. The van der Waals surface area contributed by atoms with Crippen molar-refractivity contribution in [1.82, 2.24) is 5.32 Å². The number of amides is 1. The number of carbonyl (C=O) groups excluding carboxylic acids is 1. The van der Waals surface area contributed by atoms with E-state index in [4.69, 9.17) is 0 Å². The maximum Gasteiger partial charge on any atom is 0.405 e. The van der Waals surface area contributed by atoms with Crippen molar-refractivity contribution in [2.24, 2.45) is 0 Å². The minimum absolute atomic E-state index is 0.281. The monoisotopic (exact) mass is 263 g/mol. The zero-order valence-corrected chi connectivity index (χ0v) is 9.99. The standard InChI is InChI=1S/C11H12F3NOS/c1-2-17-9-6-4-3-5-8(9)10(16)15-7-11(12,13)14/h3-6H,2,7H2,1H3,(H,15,16). The average molecular weight is 263 g/mol. The van der Waals surface area contributed by atoms with Crippen LogP contribution in [0.3, 0.4) is 0 Å². The van der Waals surface area contributed by atoms with Gasteiger partial charge in [-0.1, -0.05) is 19.1 Å². The van der Waals surface area contributed by atoms with Crippen LogP contribution < -0.4 is 5.32 Å². The third-order valence-electron chi connectivity index (χ3n) is 1.88. The maximum absolute atomic E-state index is 12.0. The molecule has 0 aromatic heterocycles. The number of thioether (sulfide) groups is 1. The van der Waals surface area contributed by atoms with Gasteiger partial charge in [0.15, 0.2) is 0 Å². The van der Waals surface area contributed by atoms with Crippen molar-refractivity contribution in [3.05, 3.63) is 29.8 Å². The van der Waals surface area contributed by atoms with Crippen LogP contribution in [0, 0.1) is 0 Å². The van der Waals surface area contributed by atoms with Crippen LogP contribution >= 0.6 is 11.8 Å². The summed E-state index contributed by atoms with van der Waals surface area (Å²) in [5, 5.41) is 1.86. The van der Waals surface area contributed by atoms with Crippen molar-refractivity contribution in [2.75, 3.05) is 12.3 Å². The molecule has 0 atom stereocenters. The Labute approximate surface area is 102 Å². The van der Waals surface area contributed by atoms with E-state index in [9.17, 15) is 18.0 Å². The molecule has 94 valence electrons. The highest BCUT2D eigenvalue weighted by molar-refractivity contribution is 7.99. The summed E-state index contributed by atoms with van der Waals surface area (Å²) >= 11 is 1.42. The van der Waals surface area contributed by atoms with Gasteiger partial charge in [-0.3, -0.25) is 4.79 Å². The van der Waals surface area contributed by atoms with E-state index in [-0.39, 0.29) is 5.56 Å². The van der Waals surface area contributed by atoms with Gasteiger partial charge >= 0.3 is 6.18 Å². The highest BCUT2D eigenvalue weighted by atomic mass is 32.2. The molecule has 0 saturated heterocycles. The lowest BCUT2D eigenvalue weighted by Crippen LogP contribution is -2.33. The van der Waals surface area contributed by atoms with Crippen molar-refractivity contribution < 1.29 is 18.0 Å². The second-order valence-electron chi connectivity index (χ2n) is 3.23. The number of nitrogens with one attached hydrogen (secondary N) is 1. The van der Waals surface area contributed by atoms with Crippen molar-refractivity contribution in [3.63, 3.8) is 0 Å². The van der Waals surface area contributed by atoms with Crippen LogP contribution in [0.15, 0.2) is 29.2 Å². The van der Waals surface area contributed by atoms with Gasteiger partial charge in [-0.2, -0.15) is 13.2 Å². The number of halogens is 3. The van der Waals surface area contributed by atoms with E-state index in [0.717, 1.165) is 5.75 Å². The Kier molecular flexibility index (Phi) is 4.86. The van der Waals surface area contributed by atoms with Crippen molar-refractivity contribution in [2.45, 2.75) is 18.0 Å². The van der Waals surface area contributed by atoms with Crippen LogP contribution in [0.1, 0.15) is 17.3 Å². The van der Waals surface area contributed by atoms with Crippen LogP contribution in [0.4, 0.5) is 13.2 Å². The Morgan fingerprint density at radius 2 is 2.00 bits per heavy atom. The van der Waals surface area contributed by atoms with Crippen LogP contribution in [0.2, 0.25) is 0 Å². The molecule has 1 rings (SSSR count). The number of benzene rings is 1. The average Bonchev–Trinajstić information content (AvgIpc) is 2.26. The Bertz CT molecular complexity index is 393. The lowest BCUT2D eigenvalue weighted by Gasteiger charge is -2.10. The molecule has 0 unspecified atom stereocenters. The van der Waals surface area contributed by atoms with E-state index < -0.39 is 18.6 Å². The Balaban J connectivity index is 2.74. The van der Waals surface area contributed by atoms with E-state index in [2.05, 4.69) is 0 Å². The first kappa shape index (κ1) is 13.9. The molecule has 1 aromatic carbocycles. The molecular formula is C11H12F3NOS. The van der Waals surface area contributed by atoms with Crippen LogP contribution in [-0.4, -0.2) is 24.4 Å². The van der Waals surface area contributed by atoms with E-state index >= 15 is 0 Å². The summed E-state index contributed by atoms with van der Waals surface area (Å²) in [4.78, 5) is 12.3. The largest absolute Gasteiger partial charge is 0.405 e. The number of hydrogen-bond donors (Lipinski definition) is 1. The zero-order chi connectivity index (χ0) is 12.9. The molecule has 1 N–H and O–H groups in total. The number of hydrogen-bond acceptors (Lipinski definition) is 2. The lowest BCUT2D eigenvalue weighted by molar-refractivity contribution is -0.123. The fraction of sp³-hybridized carbons (Fsp3) is 0.364. The van der Waals surface area contributed by atoms with Crippen molar-refractivity contribution in [3.8, 4) is 0 Å². The molecule has 0 aliphatic rings. The minimum atomic E-state index is -4.39. The number of carbonyl (C=O) groups is 1. The van der Waals surface area contributed by atoms with Gasteiger partial charge in [0, 0.05) is 4.90 Å². The van der Waals surface area contributed by atoms with E-state index in [1.807, 2.05) is 12.2 Å². The van der Waals surface area contributed by atoms with Gasteiger partial charge in [0.2, 0.25) is 0 Å². The van der Waals surface area contributed by atoms with Gasteiger partial charge in [-0.25, -0.2) is 0 Å². The van der Waals surface area contributed by atoms with Crippen molar-refractivity contribution in [1.29, 1.82) is 0 Å². The second-order valence-corrected chi connectivity index (χ2v) is 4.53. The van der Waals surface area contributed by atoms with Gasteiger partial charge in [0.05, 0.1) is 5.56 Å². The molecule has 0 fully saturated rings. The fourth-order valence-corrected chi connectivity index (χ4v) is 2.01. The highest BCUT2D eigenvalue weighted by Gasteiger charge is 2.28. The van der Waals surface area contributed by atoms with Crippen molar-refractivity contribution >= 4 is 17.7 Å². The second kappa shape index (κ2) is 5.95. The van der Waals surface area contributed by atoms with E-state index in [1.54, 1.807) is 18.2 Å². The maximum atomic E-state index is 12.0. The lowest BCUT2D eigenvalue weighted by atomic mass is 10.2. The third kappa shape index (κ3) is 4.68. The molecular weight excluding hydrogens is 251 g/mol. The number of rotatable bonds is 4. The first-order valence-corrected chi connectivity index (χ1v) is 5.99. The van der Waals surface area contributed by atoms with Gasteiger partial charge in [-0.15, -0.1) is 11.8 Å². The normalized spacial score (nSPS) is 11.3. The molecule has 0 radical (unpaired) electrons. The first-order valence-electron chi connectivity index (χ1n) is 5.01. The third-order valence-corrected chi connectivity index (χ3v) is 2.84. The smallest absolute Gasteiger partial charge is 0.343 e. The van der Waals surface area contributed by atoms with Gasteiger partial charge in [-0.05, 0) is 17.9 Å². The molecule has 2 nitrogen and oxygen atoms in total. The molecule has 1 amide bonds. The van der Waals surface area contributed by atoms with Crippen LogP contribution in [0.5, 0.6) is 0 Å². The molecule has 17 heavy (non-hydrogen) atoms. The van der Waals surface area contributed by atoms with Gasteiger partial charge in [0.25, 0.3) is 5.91 Å². The quantitative estimate of drug-likeness (QED) is 0.846. The summed E-state index contributed by atoms with van der Waals surface area (Å²) in [7, 11) is 0. The Morgan fingerprint density at radius 1 is 1.35 bits per heavy atom. The van der Waals surface area contributed by atoms with Crippen LogP contribution in [-0.2, 0) is 0 Å². The Morgan fingerprint density at radius 3 is 2.59 bits per heavy atom. The molecule has 0 spiro atoms. The summed E-state index contributed by atoms with van der Waals surface area (Å²) in [6.45, 7) is 0.603. The summed E-state index contributed by atoms with van der Waals surface area (Å²) in [5.41, 5.74) is 0.281. The van der Waals surface area contributed by atoms with E-state index in [1.165, 1.54) is 17.8 Å². The van der Waals surface area contributed by atoms with E-state index in [0.29, 0.717) is 4.90 Å². The van der Waals surface area contributed by atoms with Gasteiger partial charge in [0.1, 0.15) is 6.54 Å². The van der Waals surface area contributed by atoms with Crippen LogP contribution in [0.25, 0.3) is 0 Å². The predicted molar refractivity (Wildman–Crippen MR) is 61.2 cm³/mol. The zero-order valence-electron chi connectivity index (χ0n) is 9.17. The molecule has 6 heteroatoms. The topological polar surface area (TPSA) is 29.1 Å².